The largest absolute Gasteiger partial charge is 0.320 e. The van der Waals surface area contributed by atoms with E-state index in [1.54, 1.807) is 6.92 Å². The molecule has 0 spiro atoms. The van der Waals surface area contributed by atoms with Crippen molar-refractivity contribution in [3.05, 3.63) is 12.7 Å². The fourth-order valence-corrected chi connectivity index (χ4v) is 1.48. The smallest absolute Gasteiger partial charge is 0.249 e. The van der Waals surface area contributed by atoms with E-state index in [0.29, 0.717) is 6.42 Å². The molecule has 1 rings (SSSR count). The molecule has 0 radical (unpaired) electrons. The lowest BCUT2D eigenvalue weighted by molar-refractivity contribution is -0.150. The van der Waals surface area contributed by atoms with Crippen LogP contribution in [-0.2, 0) is 14.4 Å². The number of hydrogen-bond acceptors (Lipinski definition) is 4. The molecular weight excluding hydrogens is 210 g/mol. The molecule has 1 fully saturated rings. The average Bonchev–Trinajstić information content (AvgIpc) is 2.22. The van der Waals surface area contributed by atoms with Crippen LogP contribution in [0.5, 0.6) is 0 Å². The molecule has 6 nitrogen and oxygen atoms in total. The average molecular weight is 225 g/mol. The highest BCUT2D eigenvalue weighted by Crippen LogP contribution is 2.07. The van der Waals surface area contributed by atoms with Crippen LogP contribution < -0.4 is 11.1 Å². The quantitative estimate of drug-likeness (QED) is 0.464. The normalized spacial score (nSPS) is 22.6. The van der Waals surface area contributed by atoms with E-state index in [2.05, 4.69) is 11.9 Å². The number of piperazine rings is 1. The Hall–Kier alpha value is -1.69. The summed E-state index contributed by atoms with van der Waals surface area (Å²) < 4.78 is 0. The van der Waals surface area contributed by atoms with Crippen molar-refractivity contribution in [2.75, 3.05) is 6.54 Å². The van der Waals surface area contributed by atoms with Gasteiger partial charge in [0.2, 0.25) is 17.7 Å². The van der Waals surface area contributed by atoms with Crippen LogP contribution in [0.1, 0.15) is 13.3 Å². The molecule has 16 heavy (non-hydrogen) atoms. The van der Waals surface area contributed by atoms with Gasteiger partial charge in [-0.3, -0.25) is 19.7 Å². The molecule has 2 unspecified atom stereocenters. The van der Waals surface area contributed by atoms with E-state index in [-0.39, 0.29) is 6.54 Å². The van der Waals surface area contributed by atoms with Crippen LogP contribution in [0.15, 0.2) is 12.7 Å². The van der Waals surface area contributed by atoms with Crippen LogP contribution in [0.25, 0.3) is 0 Å². The van der Waals surface area contributed by atoms with Gasteiger partial charge in [-0.2, -0.15) is 0 Å². The molecule has 88 valence electrons. The van der Waals surface area contributed by atoms with Gasteiger partial charge in [0.15, 0.2) is 0 Å². The van der Waals surface area contributed by atoms with Crippen LogP contribution in [0, 0.1) is 0 Å². The third kappa shape index (κ3) is 2.46. The Balaban J connectivity index is 2.77. The minimum atomic E-state index is -0.751. The zero-order valence-electron chi connectivity index (χ0n) is 9.10. The number of nitrogens with two attached hydrogens (primary N) is 1. The molecule has 1 heterocycles. The highest BCUT2D eigenvalue weighted by atomic mass is 16.2. The fraction of sp³-hybridized carbons (Fsp3) is 0.500. The summed E-state index contributed by atoms with van der Waals surface area (Å²) in [6.45, 7) is 4.91. The number of amides is 3. The van der Waals surface area contributed by atoms with Crippen LogP contribution in [0.2, 0.25) is 0 Å². The summed E-state index contributed by atoms with van der Waals surface area (Å²) in [5.41, 5.74) is 5.61. The molecule has 0 bridgehead atoms. The molecule has 3 amide bonds. The molecule has 0 aromatic rings. The third-order valence-corrected chi connectivity index (χ3v) is 2.44. The zero-order valence-corrected chi connectivity index (χ0v) is 9.10. The first-order valence-electron chi connectivity index (χ1n) is 4.98. The van der Waals surface area contributed by atoms with E-state index in [4.69, 9.17) is 5.73 Å². The number of nitrogens with zero attached hydrogens (tertiary/aromatic N) is 1. The summed E-state index contributed by atoms with van der Waals surface area (Å²) in [5, 5.41) is 2.15. The van der Waals surface area contributed by atoms with Gasteiger partial charge in [0.25, 0.3) is 0 Å². The summed E-state index contributed by atoms with van der Waals surface area (Å²) in [5.74, 6) is -1.37. The summed E-state index contributed by atoms with van der Waals surface area (Å²) in [6, 6.07) is -1.42. The lowest BCUT2D eigenvalue weighted by Crippen LogP contribution is -2.61. The Kier molecular flexibility index (Phi) is 3.78. The summed E-state index contributed by atoms with van der Waals surface area (Å²) in [4.78, 5) is 35.4. The van der Waals surface area contributed by atoms with E-state index in [1.165, 1.54) is 11.0 Å². The van der Waals surface area contributed by atoms with Crippen molar-refractivity contribution in [3.8, 4) is 0 Å². The minimum absolute atomic E-state index is 0.128. The molecule has 2 atom stereocenters. The van der Waals surface area contributed by atoms with Crippen molar-refractivity contribution >= 4 is 17.7 Å². The minimum Gasteiger partial charge on any atom is -0.320 e. The first-order chi connectivity index (χ1) is 7.47. The van der Waals surface area contributed by atoms with Gasteiger partial charge in [0.05, 0.1) is 6.04 Å². The Morgan fingerprint density at radius 1 is 1.75 bits per heavy atom. The van der Waals surface area contributed by atoms with E-state index in [0.717, 1.165) is 0 Å². The van der Waals surface area contributed by atoms with Crippen LogP contribution >= 0.6 is 0 Å². The molecule has 0 saturated carbocycles. The number of imide groups is 1. The van der Waals surface area contributed by atoms with Crippen molar-refractivity contribution < 1.29 is 14.4 Å². The van der Waals surface area contributed by atoms with E-state index in [1.807, 2.05) is 0 Å². The van der Waals surface area contributed by atoms with Gasteiger partial charge in [-0.15, -0.1) is 6.58 Å². The highest BCUT2D eigenvalue weighted by molar-refractivity contribution is 6.04. The number of rotatable bonds is 3. The standard InChI is InChI=1S/C10H15N3O3/c1-3-4-7(11)10(16)13-5-8(14)12-9(15)6(13)2/h3,6-7H,1,4-5,11H2,2H3,(H,12,14,15). The molecule has 1 aliphatic rings. The Bertz CT molecular complexity index is 340. The predicted octanol–water partition coefficient (Wildman–Crippen LogP) is -1.24. The first kappa shape index (κ1) is 12.4. The van der Waals surface area contributed by atoms with Crippen molar-refractivity contribution in [3.63, 3.8) is 0 Å². The van der Waals surface area contributed by atoms with Crippen molar-refractivity contribution in [2.24, 2.45) is 5.73 Å². The topological polar surface area (TPSA) is 92.5 Å². The maximum absolute atomic E-state index is 11.8. The van der Waals surface area contributed by atoms with Crippen LogP contribution in [0.4, 0.5) is 0 Å². The molecule has 0 aromatic carbocycles. The maximum Gasteiger partial charge on any atom is 0.249 e. The number of hydrogen-bond donors (Lipinski definition) is 2. The maximum atomic E-state index is 11.8. The lowest BCUT2D eigenvalue weighted by atomic mass is 10.1. The Morgan fingerprint density at radius 3 is 2.94 bits per heavy atom. The van der Waals surface area contributed by atoms with Crippen molar-refractivity contribution in [2.45, 2.75) is 25.4 Å². The number of carbonyl (C=O) groups excluding carboxylic acids is 3. The number of nitrogens with one attached hydrogen (secondary N) is 1. The molecular formula is C10H15N3O3. The second-order valence-electron chi connectivity index (χ2n) is 3.69. The Labute approximate surface area is 93.5 Å². The molecule has 3 N–H and O–H groups in total. The first-order valence-corrected chi connectivity index (χ1v) is 4.98. The molecule has 0 aromatic heterocycles. The summed E-state index contributed by atoms with van der Waals surface area (Å²) in [6.07, 6.45) is 1.84. The molecule has 1 saturated heterocycles. The SMILES string of the molecule is C=CCC(N)C(=O)N1CC(=O)NC(=O)C1C. The van der Waals surface area contributed by atoms with Gasteiger partial charge in [0, 0.05) is 0 Å². The second-order valence-corrected chi connectivity index (χ2v) is 3.69. The van der Waals surface area contributed by atoms with Gasteiger partial charge < -0.3 is 10.6 Å². The molecule has 1 aliphatic heterocycles. The van der Waals surface area contributed by atoms with Gasteiger partial charge in [0.1, 0.15) is 12.6 Å². The monoisotopic (exact) mass is 225 g/mol. The lowest BCUT2D eigenvalue weighted by Gasteiger charge is -2.33. The number of carbonyl (C=O) groups is 3. The second kappa shape index (κ2) is 4.89. The Morgan fingerprint density at radius 2 is 2.38 bits per heavy atom. The molecule has 6 heteroatoms. The molecule has 0 aliphatic carbocycles. The van der Waals surface area contributed by atoms with Gasteiger partial charge in [-0.05, 0) is 13.3 Å². The van der Waals surface area contributed by atoms with Gasteiger partial charge in [-0.1, -0.05) is 6.08 Å². The van der Waals surface area contributed by atoms with Crippen molar-refractivity contribution in [1.29, 1.82) is 0 Å². The fourth-order valence-electron chi connectivity index (χ4n) is 1.48. The summed E-state index contributed by atoms with van der Waals surface area (Å²) in [7, 11) is 0. The predicted molar refractivity (Wildman–Crippen MR) is 57.1 cm³/mol. The van der Waals surface area contributed by atoms with Gasteiger partial charge >= 0.3 is 0 Å². The van der Waals surface area contributed by atoms with Crippen molar-refractivity contribution in [1.82, 2.24) is 10.2 Å². The summed E-state index contributed by atoms with van der Waals surface area (Å²) >= 11 is 0. The third-order valence-electron chi connectivity index (χ3n) is 2.44. The highest BCUT2D eigenvalue weighted by Gasteiger charge is 2.35. The van der Waals surface area contributed by atoms with E-state index >= 15 is 0 Å². The van der Waals surface area contributed by atoms with Crippen LogP contribution in [-0.4, -0.2) is 41.2 Å². The van der Waals surface area contributed by atoms with Crippen LogP contribution in [0.3, 0.4) is 0 Å². The van der Waals surface area contributed by atoms with E-state index < -0.39 is 29.8 Å². The van der Waals surface area contributed by atoms with E-state index in [9.17, 15) is 14.4 Å². The van der Waals surface area contributed by atoms with Gasteiger partial charge in [-0.25, -0.2) is 0 Å². The zero-order chi connectivity index (χ0) is 12.3.